The first-order valence-corrected chi connectivity index (χ1v) is 10.6. The summed E-state index contributed by atoms with van der Waals surface area (Å²) < 4.78 is 23.8. The van der Waals surface area contributed by atoms with Gasteiger partial charge in [0.15, 0.2) is 15.0 Å². The maximum atomic E-state index is 11.9. The molecule has 1 aromatic carbocycles. The molecule has 1 aromatic rings. The summed E-state index contributed by atoms with van der Waals surface area (Å²) in [6, 6.07) is 4.61. The third kappa shape index (κ3) is 3.49. The first-order chi connectivity index (χ1) is 10.8. The van der Waals surface area contributed by atoms with Gasteiger partial charge in [0, 0.05) is 10.3 Å². The Morgan fingerprint density at radius 2 is 2.09 bits per heavy atom. The molecule has 1 amide bonds. The number of hydrogen-bond acceptors (Lipinski definition) is 4. The number of amidine groups is 1. The summed E-state index contributed by atoms with van der Waals surface area (Å²) in [5, 5.41) is 1.07. The molecule has 124 valence electrons. The lowest BCUT2D eigenvalue weighted by Gasteiger charge is -2.25. The van der Waals surface area contributed by atoms with Crippen LogP contribution in [0.5, 0.6) is 0 Å². The Labute approximate surface area is 152 Å². The zero-order valence-corrected chi connectivity index (χ0v) is 15.5. The number of aliphatic imine (C=N–C) groups is 1. The van der Waals surface area contributed by atoms with Gasteiger partial charge in [-0.3, -0.25) is 4.79 Å². The molecular formula is C13H11Cl3N2O3S2. The number of alkyl halides is 1. The van der Waals surface area contributed by atoms with Crippen molar-refractivity contribution in [3.63, 3.8) is 0 Å². The Kier molecular flexibility index (Phi) is 4.86. The van der Waals surface area contributed by atoms with Gasteiger partial charge in [-0.05, 0) is 18.2 Å². The molecule has 5 nitrogen and oxygen atoms in total. The third-order valence-corrected chi connectivity index (χ3v) is 7.55. The minimum atomic E-state index is -3.12. The lowest BCUT2D eigenvalue weighted by Crippen LogP contribution is -2.38. The van der Waals surface area contributed by atoms with E-state index in [0.29, 0.717) is 20.9 Å². The largest absolute Gasteiger partial charge is 0.314 e. The average Bonchev–Trinajstić information content (AvgIpc) is 2.91. The normalized spacial score (nSPS) is 27.4. The Balaban J connectivity index is 2.06. The van der Waals surface area contributed by atoms with Gasteiger partial charge in [-0.1, -0.05) is 35.0 Å². The van der Waals surface area contributed by atoms with Gasteiger partial charge < -0.3 is 4.90 Å². The minimum absolute atomic E-state index is 0.00227. The van der Waals surface area contributed by atoms with Crippen molar-refractivity contribution in [1.29, 1.82) is 0 Å². The summed E-state index contributed by atoms with van der Waals surface area (Å²) in [5.74, 6) is -0.664. The van der Waals surface area contributed by atoms with Crippen molar-refractivity contribution < 1.29 is 13.2 Å². The molecule has 0 spiro atoms. The van der Waals surface area contributed by atoms with Crippen LogP contribution in [0.15, 0.2) is 23.2 Å². The summed E-state index contributed by atoms with van der Waals surface area (Å²) in [6.07, 6.45) is 0. The number of fused-ring (bicyclic) bond motifs is 1. The molecule has 2 saturated heterocycles. The molecule has 2 aliphatic rings. The summed E-state index contributed by atoms with van der Waals surface area (Å²) in [6.45, 7) is 0. The van der Waals surface area contributed by atoms with Gasteiger partial charge in [0.1, 0.15) is 5.88 Å². The second kappa shape index (κ2) is 6.44. The second-order valence-electron chi connectivity index (χ2n) is 5.19. The Bertz CT molecular complexity index is 798. The van der Waals surface area contributed by atoms with E-state index in [2.05, 4.69) is 4.99 Å². The number of halogens is 3. The van der Waals surface area contributed by atoms with E-state index in [1.54, 1.807) is 23.1 Å². The van der Waals surface area contributed by atoms with Gasteiger partial charge in [0.05, 0.1) is 28.3 Å². The fraction of sp³-hybridized carbons (Fsp3) is 0.385. The van der Waals surface area contributed by atoms with Crippen molar-refractivity contribution in [1.82, 2.24) is 0 Å². The van der Waals surface area contributed by atoms with Crippen molar-refractivity contribution in [2.75, 3.05) is 22.3 Å². The smallest absolute Gasteiger partial charge is 0.262 e. The van der Waals surface area contributed by atoms with E-state index in [-0.39, 0.29) is 28.7 Å². The molecule has 2 heterocycles. The molecule has 2 fully saturated rings. The first kappa shape index (κ1) is 17.4. The zero-order chi connectivity index (χ0) is 16.8. The second-order valence-corrected chi connectivity index (χ2v) is 9.66. The van der Waals surface area contributed by atoms with E-state index in [0.717, 1.165) is 0 Å². The molecule has 3 rings (SSSR count). The topological polar surface area (TPSA) is 66.8 Å². The quantitative estimate of drug-likeness (QED) is 0.698. The van der Waals surface area contributed by atoms with Gasteiger partial charge in [0.2, 0.25) is 0 Å². The van der Waals surface area contributed by atoms with Crippen LogP contribution >= 0.6 is 46.6 Å². The van der Waals surface area contributed by atoms with Crippen LogP contribution in [0.4, 0.5) is 5.69 Å². The number of nitrogens with zero attached hydrogens (tertiary/aromatic N) is 2. The highest BCUT2D eigenvalue weighted by Gasteiger charge is 2.49. The van der Waals surface area contributed by atoms with Crippen LogP contribution in [0.25, 0.3) is 0 Å². The summed E-state index contributed by atoms with van der Waals surface area (Å²) in [4.78, 5) is 17.3. The molecular weight excluding hydrogens is 403 g/mol. The predicted octanol–water partition coefficient (Wildman–Crippen LogP) is 2.83. The van der Waals surface area contributed by atoms with Crippen LogP contribution in [0.3, 0.4) is 0 Å². The van der Waals surface area contributed by atoms with E-state index >= 15 is 0 Å². The van der Waals surface area contributed by atoms with Crippen LogP contribution in [-0.4, -0.2) is 48.2 Å². The fourth-order valence-electron chi connectivity index (χ4n) is 2.66. The number of benzene rings is 1. The Morgan fingerprint density at radius 3 is 2.74 bits per heavy atom. The molecule has 10 heteroatoms. The van der Waals surface area contributed by atoms with E-state index in [1.807, 2.05) is 0 Å². The lowest BCUT2D eigenvalue weighted by atomic mass is 10.2. The van der Waals surface area contributed by atoms with E-state index in [9.17, 15) is 13.2 Å². The molecule has 0 bridgehead atoms. The zero-order valence-electron chi connectivity index (χ0n) is 11.6. The van der Waals surface area contributed by atoms with Crippen molar-refractivity contribution >= 4 is 73.2 Å². The van der Waals surface area contributed by atoms with Gasteiger partial charge in [-0.25, -0.2) is 8.42 Å². The van der Waals surface area contributed by atoms with Crippen LogP contribution < -0.4 is 4.90 Å². The highest BCUT2D eigenvalue weighted by atomic mass is 35.5. The number of sulfone groups is 1. The van der Waals surface area contributed by atoms with Gasteiger partial charge in [-0.15, -0.1) is 11.6 Å². The summed E-state index contributed by atoms with van der Waals surface area (Å²) >= 11 is 19.0. The molecule has 2 aliphatic heterocycles. The highest BCUT2D eigenvalue weighted by Crippen LogP contribution is 2.43. The molecule has 0 saturated carbocycles. The monoisotopic (exact) mass is 412 g/mol. The third-order valence-electron chi connectivity index (χ3n) is 3.57. The van der Waals surface area contributed by atoms with Crippen molar-refractivity contribution in [3.05, 3.63) is 28.2 Å². The molecule has 2 atom stereocenters. The number of carbonyl (C=O) groups is 1. The number of rotatable bonds is 2. The highest BCUT2D eigenvalue weighted by molar-refractivity contribution is 8.16. The molecule has 0 unspecified atom stereocenters. The minimum Gasteiger partial charge on any atom is -0.314 e. The lowest BCUT2D eigenvalue weighted by molar-refractivity contribution is -0.115. The van der Waals surface area contributed by atoms with Crippen molar-refractivity contribution in [2.45, 2.75) is 11.3 Å². The summed E-state index contributed by atoms with van der Waals surface area (Å²) in [5.41, 5.74) is 0.578. The van der Waals surface area contributed by atoms with Crippen LogP contribution in [0.2, 0.25) is 10.0 Å². The number of carbonyl (C=O) groups excluding carboxylic acids is 1. The van der Waals surface area contributed by atoms with Crippen molar-refractivity contribution in [2.24, 2.45) is 4.99 Å². The fourth-order valence-corrected chi connectivity index (χ4v) is 7.14. The van der Waals surface area contributed by atoms with Gasteiger partial charge in [-0.2, -0.15) is 4.99 Å². The van der Waals surface area contributed by atoms with Crippen LogP contribution in [0.1, 0.15) is 0 Å². The average molecular weight is 414 g/mol. The van der Waals surface area contributed by atoms with Gasteiger partial charge >= 0.3 is 0 Å². The summed E-state index contributed by atoms with van der Waals surface area (Å²) in [7, 11) is -3.12. The van der Waals surface area contributed by atoms with E-state index in [1.165, 1.54) is 11.8 Å². The molecule has 0 N–H and O–H groups in total. The van der Waals surface area contributed by atoms with Crippen LogP contribution in [-0.2, 0) is 14.6 Å². The predicted molar refractivity (Wildman–Crippen MR) is 95.9 cm³/mol. The van der Waals surface area contributed by atoms with E-state index in [4.69, 9.17) is 34.8 Å². The number of hydrogen-bond donors (Lipinski definition) is 0. The molecule has 0 aromatic heterocycles. The standard InChI is InChI=1S/C13H11Cl3N2O3S2/c14-4-12(19)17-13-18(9-2-1-7(15)3-8(9)16)10-5-23(20,21)6-11(10)22-13/h1-3,10-11H,4-6H2/t10-,11-/m1/s1. The van der Waals surface area contributed by atoms with Crippen molar-refractivity contribution in [3.8, 4) is 0 Å². The number of thioether (sulfide) groups is 1. The number of amides is 1. The van der Waals surface area contributed by atoms with Crippen LogP contribution in [0, 0.1) is 0 Å². The maximum Gasteiger partial charge on any atom is 0.262 e. The Morgan fingerprint density at radius 1 is 1.35 bits per heavy atom. The van der Waals surface area contributed by atoms with Gasteiger partial charge in [0.25, 0.3) is 5.91 Å². The maximum absolute atomic E-state index is 11.9. The molecule has 23 heavy (non-hydrogen) atoms. The molecule has 0 radical (unpaired) electrons. The first-order valence-electron chi connectivity index (χ1n) is 6.59. The SMILES string of the molecule is O=C(CCl)N=C1S[C@@H]2CS(=O)(=O)C[C@H]2N1c1ccc(Cl)cc1Cl. The number of anilines is 1. The van der Waals surface area contributed by atoms with E-state index < -0.39 is 15.7 Å². The molecule has 0 aliphatic carbocycles. The Hall–Kier alpha value is -0.470.